The Bertz CT molecular complexity index is 980. The number of nitrogens with zero attached hydrogens (tertiary/aromatic N) is 1. The zero-order valence-electron chi connectivity index (χ0n) is 12.4. The molecule has 0 fully saturated rings. The van der Waals surface area contributed by atoms with Gasteiger partial charge >= 0.3 is 11.6 Å². The van der Waals surface area contributed by atoms with Crippen molar-refractivity contribution in [3.05, 3.63) is 80.6 Å². The van der Waals surface area contributed by atoms with Crippen molar-refractivity contribution >= 4 is 22.4 Å². The van der Waals surface area contributed by atoms with Crippen molar-refractivity contribution in [3.63, 3.8) is 0 Å². The van der Waals surface area contributed by atoms with Gasteiger partial charge in [-0.05, 0) is 16.8 Å². The Morgan fingerprint density at radius 1 is 1.04 bits per heavy atom. The summed E-state index contributed by atoms with van der Waals surface area (Å²) in [5.41, 5.74) is -2.75. The molecule has 3 aromatic rings. The maximum atomic E-state index is 14.7. The molecule has 1 heterocycles. The number of rotatable bonds is 4. The molecule has 24 heavy (non-hydrogen) atoms. The zero-order valence-corrected chi connectivity index (χ0v) is 13.2. The van der Waals surface area contributed by atoms with E-state index in [2.05, 4.69) is 4.98 Å². The monoisotopic (exact) mass is 350 g/mol. The van der Waals surface area contributed by atoms with Crippen LogP contribution in [0.5, 0.6) is 0 Å². The van der Waals surface area contributed by atoms with E-state index in [4.69, 9.17) is 11.6 Å². The molecule has 0 amide bonds. The van der Waals surface area contributed by atoms with Crippen LogP contribution in [-0.2, 0) is 12.5 Å². The van der Waals surface area contributed by atoms with Crippen molar-refractivity contribution in [2.75, 3.05) is 5.88 Å². The van der Waals surface area contributed by atoms with E-state index in [1.165, 1.54) is 12.1 Å². The molecule has 0 unspecified atom stereocenters. The Morgan fingerprint density at radius 2 is 1.75 bits per heavy atom. The highest BCUT2D eigenvalue weighted by Crippen LogP contribution is 2.34. The second-order valence-electron chi connectivity index (χ2n) is 5.30. The summed E-state index contributed by atoms with van der Waals surface area (Å²) in [5.74, 6) is -3.47. The lowest BCUT2D eigenvalue weighted by Crippen LogP contribution is -2.38. The molecule has 0 aliphatic heterocycles. The Labute approximate surface area is 140 Å². The number of H-pyrrole nitrogens is 1. The number of alkyl halides is 3. The molecule has 124 valence electrons. The number of nitrogens with one attached hydrogen (secondary N) is 1. The maximum absolute atomic E-state index is 14.7. The van der Waals surface area contributed by atoms with Gasteiger partial charge in [-0.3, -0.25) is 9.36 Å². The number of hydrogen-bond donors (Lipinski definition) is 1. The summed E-state index contributed by atoms with van der Waals surface area (Å²) >= 11 is 5.50. The van der Waals surface area contributed by atoms with E-state index in [0.717, 1.165) is 16.0 Å². The Balaban J connectivity index is 2.12. The number of aromatic amines is 1. The lowest BCUT2D eigenvalue weighted by Gasteiger charge is -2.17. The summed E-state index contributed by atoms with van der Waals surface area (Å²) in [7, 11) is 0. The van der Waals surface area contributed by atoms with E-state index in [-0.39, 0.29) is 18.0 Å². The predicted octanol–water partition coefficient (Wildman–Crippen LogP) is 3.07. The van der Waals surface area contributed by atoms with Gasteiger partial charge in [0.1, 0.15) is 0 Å². The Kier molecular flexibility index (Phi) is 4.24. The molecule has 0 bridgehead atoms. The van der Waals surface area contributed by atoms with Gasteiger partial charge in [0, 0.05) is 24.1 Å². The SMILES string of the molecule is O=c1cc(C(F)(F)c2ccc3ccccc3c2)[nH]c(=O)n1CCCl. The fourth-order valence-electron chi connectivity index (χ4n) is 2.53. The second-order valence-corrected chi connectivity index (χ2v) is 5.68. The third-order valence-electron chi connectivity index (χ3n) is 3.78. The predicted molar refractivity (Wildman–Crippen MR) is 89.0 cm³/mol. The molecule has 0 aliphatic carbocycles. The number of benzene rings is 2. The third-order valence-corrected chi connectivity index (χ3v) is 3.95. The highest BCUT2D eigenvalue weighted by Gasteiger charge is 2.36. The molecule has 1 N–H and O–H groups in total. The first-order valence-electron chi connectivity index (χ1n) is 7.21. The van der Waals surface area contributed by atoms with Crippen molar-refractivity contribution in [1.29, 1.82) is 0 Å². The van der Waals surface area contributed by atoms with Crippen LogP contribution in [0.1, 0.15) is 11.3 Å². The Morgan fingerprint density at radius 3 is 2.42 bits per heavy atom. The summed E-state index contributed by atoms with van der Waals surface area (Å²) in [6.45, 7) is -0.0441. The van der Waals surface area contributed by atoms with Gasteiger partial charge in [0.15, 0.2) is 0 Å². The van der Waals surface area contributed by atoms with Gasteiger partial charge in [-0.25, -0.2) is 4.79 Å². The second kappa shape index (κ2) is 6.20. The minimum atomic E-state index is -3.50. The molecule has 0 saturated heterocycles. The molecule has 4 nitrogen and oxygen atoms in total. The average Bonchev–Trinajstić information content (AvgIpc) is 2.57. The van der Waals surface area contributed by atoms with E-state index < -0.39 is 22.9 Å². The van der Waals surface area contributed by atoms with Gasteiger partial charge in [-0.2, -0.15) is 8.78 Å². The van der Waals surface area contributed by atoms with Crippen molar-refractivity contribution in [1.82, 2.24) is 9.55 Å². The van der Waals surface area contributed by atoms with Crippen LogP contribution < -0.4 is 11.2 Å². The van der Waals surface area contributed by atoms with Crippen LogP contribution in [0.15, 0.2) is 58.1 Å². The smallest absolute Gasteiger partial charge is 0.305 e. The largest absolute Gasteiger partial charge is 0.328 e. The summed E-state index contributed by atoms with van der Waals surface area (Å²) in [4.78, 5) is 25.8. The molecule has 3 rings (SSSR count). The van der Waals surface area contributed by atoms with Crippen LogP contribution in [-0.4, -0.2) is 15.4 Å². The highest BCUT2D eigenvalue weighted by atomic mass is 35.5. The fraction of sp³-hybridized carbons (Fsp3) is 0.176. The molecule has 7 heteroatoms. The average molecular weight is 351 g/mol. The van der Waals surface area contributed by atoms with E-state index >= 15 is 0 Å². The summed E-state index contributed by atoms with van der Waals surface area (Å²) < 4.78 is 30.3. The van der Waals surface area contributed by atoms with Crippen molar-refractivity contribution in [3.8, 4) is 0 Å². The molecule has 2 aromatic carbocycles. The first kappa shape index (κ1) is 16.4. The number of aromatic nitrogens is 2. The third kappa shape index (κ3) is 2.85. The maximum Gasteiger partial charge on any atom is 0.328 e. The Hall–Kier alpha value is -2.47. The van der Waals surface area contributed by atoms with E-state index in [1.807, 2.05) is 12.1 Å². The molecule has 0 atom stereocenters. The minimum Gasteiger partial charge on any atom is -0.305 e. The molecule has 0 radical (unpaired) electrons. The molecule has 1 aromatic heterocycles. The summed E-state index contributed by atoms with van der Waals surface area (Å²) in [5, 5.41) is 1.47. The van der Waals surface area contributed by atoms with Crippen LogP contribution in [0.2, 0.25) is 0 Å². The van der Waals surface area contributed by atoms with Crippen molar-refractivity contribution < 1.29 is 8.78 Å². The van der Waals surface area contributed by atoms with Crippen LogP contribution in [0, 0.1) is 0 Å². The molecular formula is C17H13ClF2N2O2. The number of fused-ring (bicyclic) bond motifs is 1. The normalized spacial score (nSPS) is 11.8. The highest BCUT2D eigenvalue weighted by molar-refractivity contribution is 6.17. The lowest BCUT2D eigenvalue weighted by atomic mass is 10.0. The van der Waals surface area contributed by atoms with Crippen molar-refractivity contribution in [2.24, 2.45) is 0 Å². The molecule has 0 spiro atoms. The van der Waals surface area contributed by atoms with Gasteiger partial charge in [-0.15, -0.1) is 11.6 Å². The van der Waals surface area contributed by atoms with Gasteiger partial charge in [0.25, 0.3) is 5.56 Å². The van der Waals surface area contributed by atoms with Gasteiger partial charge < -0.3 is 4.98 Å². The van der Waals surface area contributed by atoms with E-state index in [0.29, 0.717) is 5.39 Å². The van der Waals surface area contributed by atoms with E-state index in [1.54, 1.807) is 18.2 Å². The topological polar surface area (TPSA) is 54.9 Å². The first-order chi connectivity index (χ1) is 11.4. The quantitative estimate of drug-likeness (QED) is 0.735. The minimum absolute atomic E-state index is 0.0312. The standard InChI is InChI=1S/C17H13ClF2N2O2/c18-7-8-22-15(23)10-14(21-16(22)24)17(19,20)13-6-5-11-3-1-2-4-12(11)9-13/h1-6,9-10H,7-8H2,(H,21,24). The van der Waals surface area contributed by atoms with Gasteiger partial charge in [0.05, 0.1) is 5.69 Å². The van der Waals surface area contributed by atoms with E-state index in [9.17, 15) is 18.4 Å². The van der Waals surface area contributed by atoms with Gasteiger partial charge in [0.2, 0.25) is 0 Å². The lowest BCUT2D eigenvalue weighted by molar-refractivity contribution is 0.0373. The summed E-state index contributed by atoms with van der Waals surface area (Å²) in [6.07, 6.45) is 0. The molecule has 0 aliphatic rings. The van der Waals surface area contributed by atoms with Crippen LogP contribution >= 0.6 is 11.6 Å². The fourth-order valence-corrected chi connectivity index (χ4v) is 2.69. The molecular weight excluding hydrogens is 338 g/mol. The number of hydrogen-bond acceptors (Lipinski definition) is 2. The van der Waals surface area contributed by atoms with Crippen LogP contribution in [0.4, 0.5) is 8.78 Å². The molecule has 0 saturated carbocycles. The van der Waals surface area contributed by atoms with Crippen LogP contribution in [0.25, 0.3) is 10.8 Å². The zero-order chi connectivity index (χ0) is 17.3. The van der Waals surface area contributed by atoms with Gasteiger partial charge in [-0.1, -0.05) is 36.4 Å². The van der Waals surface area contributed by atoms with Crippen LogP contribution in [0.3, 0.4) is 0 Å². The van der Waals surface area contributed by atoms with Crippen molar-refractivity contribution in [2.45, 2.75) is 12.5 Å². The summed E-state index contributed by atoms with van der Waals surface area (Å²) in [6, 6.07) is 12.0. The first-order valence-corrected chi connectivity index (χ1v) is 7.74. The number of halogens is 3.